The van der Waals surface area contributed by atoms with Gasteiger partial charge in [0.25, 0.3) is 16.1 Å². The molecule has 1 amide bonds. The van der Waals surface area contributed by atoms with E-state index >= 15 is 0 Å². The van der Waals surface area contributed by atoms with Gasteiger partial charge in [0.2, 0.25) is 0 Å². The monoisotopic (exact) mass is 404 g/mol. The van der Waals surface area contributed by atoms with Gasteiger partial charge >= 0.3 is 0 Å². The normalized spacial score (nSPS) is 19.2. The average molecular weight is 404 g/mol. The molecular formula is C19H24N4O4S. The summed E-state index contributed by atoms with van der Waals surface area (Å²) in [7, 11) is -3.42. The number of hydrogen-bond acceptors (Lipinski definition) is 5. The predicted molar refractivity (Wildman–Crippen MR) is 104 cm³/mol. The number of rotatable bonds is 4. The molecule has 0 bridgehead atoms. The molecule has 0 radical (unpaired) electrons. The second-order valence-corrected chi connectivity index (χ2v) is 9.18. The van der Waals surface area contributed by atoms with Crippen molar-refractivity contribution in [3.8, 4) is 11.3 Å². The molecule has 8 nitrogen and oxygen atoms in total. The van der Waals surface area contributed by atoms with Crippen LogP contribution in [-0.2, 0) is 10.2 Å². The second-order valence-electron chi connectivity index (χ2n) is 7.25. The van der Waals surface area contributed by atoms with Gasteiger partial charge in [-0.1, -0.05) is 35.0 Å². The first kappa shape index (κ1) is 19.1. The number of amides is 1. The highest BCUT2D eigenvalue weighted by molar-refractivity contribution is 7.86. The maximum Gasteiger partial charge on any atom is 0.282 e. The van der Waals surface area contributed by atoms with Gasteiger partial charge in [0.15, 0.2) is 11.5 Å². The van der Waals surface area contributed by atoms with E-state index in [1.807, 2.05) is 31.2 Å². The van der Waals surface area contributed by atoms with Gasteiger partial charge in [-0.25, -0.2) is 0 Å². The van der Waals surface area contributed by atoms with E-state index in [2.05, 4.69) is 5.16 Å². The average Bonchev–Trinajstić information content (AvgIpc) is 3.41. The fraction of sp³-hybridized carbons (Fsp3) is 0.474. The van der Waals surface area contributed by atoms with Gasteiger partial charge in [0.1, 0.15) is 0 Å². The van der Waals surface area contributed by atoms with Gasteiger partial charge < -0.3 is 9.42 Å². The standard InChI is InChI=1S/C19H24N4O4S/c1-15-4-6-16(7-5-15)18-14-17(20-27-18)19(24)21-10-12-23(13-11-21)28(25,26)22-8-2-3-9-22/h4-7,14H,2-3,8-13H2,1H3. The molecule has 2 aromatic rings. The van der Waals surface area contributed by atoms with Gasteiger partial charge in [-0.2, -0.15) is 17.0 Å². The van der Waals surface area contributed by atoms with Crippen molar-refractivity contribution in [3.05, 3.63) is 41.6 Å². The first-order valence-electron chi connectivity index (χ1n) is 9.53. The van der Waals surface area contributed by atoms with Crippen LogP contribution in [0.5, 0.6) is 0 Å². The molecule has 2 aliphatic heterocycles. The van der Waals surface area contributed by atoms with Gasteiger partial charge in [-0.3, -0.25) is 4.79 Å². The molecular weight excluding hydrogens is 380 g/mol. The lowest BCUT2D eigenvalue weighted by Gasteiger charge is -2.35. The van der Waals surface area contributed by atoms with Crippen molar-refractivity contribution in [2.24, 2.45) is 0 Å². The Labute approximate surface area is 164 Å². The minimum atomic E-state index is -3.42. The topological polar surface area (TPSA) is 87.0 Å². The van der Waals surface area contributed by atoms with Crippen LogP contribution in [0.25, 0.3) is 11.3 Å². The molecule has 0 spiro atoms. The number of hydrogen-bond donors (Lipinski definition) is 0. The predicted octanol–water partition coefficient (Wildman–Crippen LogP) is 1.75. The van der Waals surface area contributed by atoms with Crippen molar-refractivity contribution >= 4 is 16.1 Å². The molecule has 2 aliphatic rings. The van der Waals surface area contributed by atoms with Gasteiger partial charge in [0, 0.05) is 50.9 Å². The quantitative estimate of drug-likeness (QED) is 0.775. The van der Waals surface area contributed by atoms with E-state index in [4.69, 9.17) is 4.52 Å². The van der Waals surface area contributed by atoms with Crippen LogP contribution in [0.2, 0.25) is 0 Å². The molecule has 1 aromatic heterocycles. The summed E-state index contributed by atoms with van der Waals surface area (Å²) in [6.07, 6.45) is 1.82. The van der Waals surface area contributed by atoms with Crippen molar-refractivity contribution in [1.82, 2.24) is 18.7 Å². The van der Waals surface area contributed by atoms with Crippen molar-refractivity contribution in [3.63, 3.8) is 0 Å². The molecule has 4 rings (SSSR count). The lowest BCUT2D eigenvalue weighted by atomic mass is 10.1. The van der Waals surface area contributed by atoms with Crippen LogP contribution >= 0.6 is 0 Å². The SMILES string of the molecule is Cc1ccc(-c2cc(C(=O)N3CCN(S(=O)(=O)N4CCCC4)CC3)no2)cc1. The van der Waals surface area contributed by atoms with Crippen LogP contribution in [-0.4, -0.2) is 72.3 Å². The third-order valence-electron chi connectivity index (χ3n) is 5.31. The van der Waals surface area contributed by atoms with E-state index in [0.717, 1.165) is 24.0 Å². The summed E-state index contributed by atoms with van der Waals surface area (Å²) in [6, 6.07) is 9.43. The van der Waals surface area contributed by atoms with Gasteiger partial charge in [-0.15, -0.1) is 0 Å². The highest BCUT2D eigenvalue weighted by Crippen LogP contribution is 2.22. The minimum Gasteiger partial charge on any atom is -0.355 e. The lowest BCUT2D eigenvalue weighted by molar-refractivity contribution is 0.0684. The molecule has 28 heavy (non-hydrogen) atoms. The van der Waals surface area contributed by atoms with Crippen LogP contribution in [0.3, 0.4) is 0 Å². The third-order valence-corrected chi connectivity index (χ3v) is 7.34. The van der Waals surface area contributed by atoms with E-state index in [1.165, 1.54) is 8.61 Å². The first-order chi connectivity index (χ1) is 13.4. The van der Waals surface area contributed by atoms with Crippen molar-refractivity contribution in [1.29, 1.82) is 0 Å². The van der Waals surface area contributed by atoms with E-state index < -0.39 is 10.2 Å². The first-order valence-corrected chi connectivity index (χ1v) is 10.9. The highest BCUT2D eigenvalue weighted by Gasteiger charge is 2.35. The molecule has 2 saturated heterocycles. The Hall–Kier alpha value is -2.23. The summed E-state index contributed by atoms with van der Waals surface area (Å²) >= 11 is 0. The van der Waals surface area contributed by atoms with Gasteiger partial charge in [-0.05, 0) is 19.8 Å². The lowest BCUT2D eigenvalue weighted by Crippen LogP contribution is -2.53. The number of benzene rings is 1. The summed E-state index contributed by atoms with van der Waals surface area (Å²) in [5, 5.41) is 3.91. The zero-order valence-corrected chi connectivity index (χ0v) is 16.7. The summed E-state index contributed by atoms with van der Waals surface area (Å²) in [5.41, 5.74) is 2.24. The van der Waals surface area contributed by atoms with Crippen LogP contribution < -0.4 is 0 Å². The van der Waals surface area contributed by atoms with Crippen LogP contribution in [0, 0.1) is 6.92 Å². The summed E-state index contributed by atoms with van der Waals surface area (Å²) in [4.78, 5) is 14.4. The van der Waals surface area contributed by atoms with E-state index in [1.54, 1.807) is 11.0 Å². The number of carbonyl (C=O) groups excluding carboxylic acids is 1. The van der Waals surface area contributed by atoms with E-state index in [0.29, 0.717) is 45.0 Å². The van der Waals surface area contributed by atoms with Crippen LogP contribution in [0.1, 0.15) is 28.9 Å². The number of piperazine rings is 1. The molecule has 0 atom stereocenters. The van der Waals surface area contributed by atoms with Crippen LogP contribution in [0.4, 0.5) is 0 Å². The molecule has 9 heteroatoms. The molecule has 0 saturated carbocycles. The number of carbonyl (C=O) groups is 1. The minimum absolute atomic E-state index is 0.236. The fourth-order valence-electron chi connectivity index (χ4n) is 3.60. The van der Waals surface area contributed by atoms with Crippen LogP contribution in [0.15, 0.2) is 34.9 Å². The maximum absolute atomic E-state index is 12.7. The largest absolute Gasteiger partial charge is 0.355 e. The van der Waals surface area contributed by atoms with E-state index in [9.17, 15) is 13.2 Å². The zero-order chi connectivity index (χ0) is 19.7. The molecule has 1 aromatic carbocycles. The third kappa shape index (κ3) is 3.69. The molecule has 3 heterocycles. The van der Waals surface area contributed by atoms with Crippen molar-refractivity contribution in [2.75, 3.05) is 39.3 Å². The molecule has 2 fully saturated rings. The summed E-state index contributed by atoms with van der Waals surface area (Å²) < 4.78 is 33.6. The molecule has 0 aliphatic carbocycles. The Kier molecular flexibility index (Phi) is 5.22. The number of aryl methyl sites for hydroxylation is 1. The van der Waals surface area contributed by atoms with Gasteiger partial charge in [0.05, 0.1) is 0 Å². The smallest absolute Gasteiger partial charge is 0.282 e. The number of nitrogens with zero attached hydrogens (tertiary/aromatic N) is 4. The highest BCUT2D eigenvalue weighted by atomic mass is 32.2. The molecule has 150 valence electrons. The zero-order valence-electron chi connectivity index (χ0n) is 15.9. The van der Waals surface area contributed by atoms with Crippen molar-refractivity contribution in [2.45, 2.75) is 19.8 Å². The Morgan fingerprint density at radius 1 is 0.964 bits per heavy atom. The number of aromatic nitrogens is 1. The van der Waals surface area contributed by atoms with Crippen molar-refractivity contribution < 1.29 is 17.7 Å². The molecule has 0 N–H and O–H groups in total. The summed E-state index contributed by atoms with van der Waals surface area (Å²) in [6.45, 7) is 4.46. The van der Waals surface area contributed by atoms with E-state index in [-0.39, 0.29) is 11.6 Å². The Morgan fingerprint density at radius 2 is 1.57 bits per heavy atom. The fourth-order valence-corrected chi connectivity index (χ4v) is 5.27. The summed E-state index contributed by atoms with van der Waals surface area (Å²) in [5.74, 6) is 0.305. The second kappa shape index (κ2) is 7.65. The Balaban J connectivity index is 1.40. The Bertz CT molecular complexity index is 941. The molecule has 0 unspecified atom stereocenters. The Morgan fingerprint density at radius 3 is 2.21 bits per heavy atom. The maximum atomic E-state index is 12.7.